The molecule has 2 aromatic rings. The average Bonchev–Trinajstić information content (AvgIpc) is 2.80. The predicted octanol–water partition coefficient (Wildman–Crippen LogP) is 2.92. The monoisotopic (exact) mass is 248 g/mol. The van der Waals surface area contributed by atoms with Crippen LogP contribution in [0.2, 0.25) is 0 Å². The minimum Gasteiger partial charge on any atom is -0.383 e. The molecule has 1 N–H and O–H groups in total. The fourth-order valence-electron chi connectivity index (χ4n) is 1.62. The van der Waals surface area contributed by atoms with Crippen LogP contribution in [0.1, 0.15) is 42.9 Å². The van der Waals surface area contributed by atoms with E-state index in [0.29, 0.717) is 0 Å². The first kappa shape index (κ1) is 12.2. The van der Waals surface area contributed by atoms with Crippen molar-refractivity contribution in [2.75, 3.05) is 0 Å². The van der Waals surface area contributed by atoms with Crippen molar-refractivity contribution in [2.45, 2.75) is 32.3 Å². The number of aliphatic hydroxyl groups excluding tert-OH is 1. The van der Waals surface area contributed by atoms with Gasteiger partial charge in [-0.05, 0) is 28.1 Å². The zero-order valence-corrected chi connectivity index (χ0v) is 11.0. The summed E-state index contributed by atoms with van der Waals surface area (Å²) in [5, 5.41) is 13.8. The Balaban J connectivity index is 2.24. The van der Waals surface area contributed by atoms with Crippen molar-refractivity contribution >= 4 is 11.5 Å². The van der Waals surface area contributed by atoms with E-state index in [1.54, 1.807) is 6.20 Å². The van der Waals surface area contributed by atoms with Crippen LogP contribution in [-0.4, -0.2) is 14.7 Å². The van der Waals surface area contributed by atoms with E-state index >= 15 is 0 Å². The summed E-state index contributed by atoms with van der Waals surface area (Å²) in [6.45, 7) is 6.52. The molecule has 1 unspecified atom stereocenters. The van der Waals surface area contributed by atoms with Gasteiger partial charge in [-0.1, -0.05) is 49.5 Å². The molecule has 0 amide bonds. The lowest BCUT2D eigenvalue weighted by molar-refractivity contribution is 0.224. The number of rotatable bonds is 2. The quantitative estimate of drug-likeness (QED) is 0.888. The Morgan fingerprint density at radius 1 is 1.18 bits per heavy atom. The fraction of sp³-hybridized carbons (Fsp3) is 0.385. The van der Waals surface area contributed by atoms with E-state index in [0.717, 1.165) is 10.4 Å². The van der Waals surface area contributed by atoms with Crippen LogP contribution in [0.5, 0.6) is 0 Å². The van der Waals surface area contributed by atoms with Crippen molar-refractivity contribution in [3.05, 3.63) is 46.5 Å². The Labute approximate surface area is 105 Å². The number of nitrogens with zero attached hydrogens (tertiary/aromatic N) is 2. The van der Waals surface area contributed by atoms with Crippen molar-refractivity contribution in [3.8, 4) is 0 Å². The predicted molar refractivity (Wildman–Crippen MR) is 69.1 cm³/mol. The number of hydrogen-bond donors (Lipinski definition) is 1. The summed E-state index contributed by atoms with van der Waals surface area (Å²) in [4.78, 5) is 0.772. The molecule has 0 aliphatic heterocycles. The summed E-state index contributed by atoms with van der Waals surface area (Å²) in [7, 11) is 0. The third-order valence-corrected chi connectivity index (χ3v) is 3.46. The molecule has 2 rings (SSSR count). The Bertz CT molecular complexity index is 471. The molecule has 0 fully saturated rings. The summed E-state index contributed by atoms with van der Waals surface area (Å²) in [6.07, 6.45) is 0.983. The molecule has 0 saturated carbocycles. The highest BCUT2D eigenvalue weighted by molar-refractivity contribution is 7.05. The van der Waals surface area contributed by atoms with Crippen molar-refractivity contribution in [1.82, 2.24) is 9.59 Å². The van der Waals surface area contributed by atoms with E-state index in [1.807, 2.05) is 12.1 Å². The number of benzene rings is 1. The highest BCUT2D eigenvalue weighted by atomic mass is 32.1. The maximum absolute atomic E-state index is 10.1. The smallest absolute Gasteiger partial charge is 0.116 e. The molecule has 1 aromatic carbocycles. The van der Waals surface area contributed by atoms with E-state index in [1.165, 1.54) is 17.1 Å². The van der Waals surface area contributed by atoms with Crippen LogP contribution in [0.3, 0.4) is 0 Å². The molecule has 0 aliphatic rings. The molecule has 0 spiro atoms. The topological polar surface area (TPSA) is 46.0 Å². The van der Waals surface area contributed by atoms with Gasteiger partial charge in [-0.15, -0.1) is 5.10 Å². The van der Waals surface area contributed by atoms with E-state index in [2.05, 4.69) is 42.5 Å². The van der Waals surface area contributed by atoms with Gasteiger partial charge >= 0.3 is 0 Å². The van der Waals surface area contributed by atoms with Gasteiger partial charge in [0.25, 0.3) is 0 Å². The number of aliphatic hydroxyl groups is 1. The number of hydrogen-bond acceptors (Lipinski definition) is 4. The zero-order chi connectivity index (χ0) is 12.5. The largest absolute Gasteiger partial charge is 0.383 e. The average molecular weight is 248 g/mol. The number of aromatic nitrogens is 2. The zero-order valence-electron chi connectivity index (χ0n) is 10.2. The third kappa shape index (κ3) is 2.70. The van der Waals surface area contributed by atoms with Gasteiger partial charge in [0.15, 0.2) is 0 Å². The third-order valence-electron chi connectivity index (χ3n) is 2.74. The van der Waals surface area contributed by atoms with Crippen LogP contribution in [0.4, 0.5) is 0 Å². The molecule has 17 heavy (non-hydrogen) atoms. The standard InChI is InChI=1S/C13H16N2OS/c1-13(2,3)10-6-4-9(5-7-10)12(16)11-8-14-15-17-11/h4-8,12,16H,1-3H3. The summed E-state index contributed by atoms with van der Waals surface area (Å²) in [5.74, 6) is 0. The van der Waals surface area contributed by atoms with Crippen LogP contribution in [0, 0.1) is 0 Å². The van der Waals surface area contributed by atoms with Gasteiger partial charge in [0, 0.05) is 0 Å². The van der Waals surface area contributed by atoms with Gasteiger partial charge in [-0.2, -0.15) is 0 Å². The van der Waals surface area contributed by atoms with E-state index in [-0.39, 0.29) is 5.41 Å². The molecule has 0 bridgehead atoms. The van der Waals surface area contributed by atoms with Crippen LogP contribution in [0.15, 0.2) is 30.5 Å². The lowest BCUT2D eigenvalue weighted by Gasteiger charge is -2.19. The second kappa shape index (κ2) is 4.55. The van der Waals surface area contributed by atoms with E-state index < -0.39 is 6.10 Å². The molecule has 4 heteroatoms. The normalized spacial score (nSPS) is 13.6. The van der Waals surface area contributed by atoms with E-state index in [9.17, 15) is 5.11 Å². The van der Waals surface area contributed by atoms with Crippen LogP contribution < -0.4 is 0 Å². The lowest BCUT2D eigenvalue weighted by atomic mass is 9.86. The van der Waals surface area contributed by atoms with Gasteiger partial charge in [0.2, 0.25) is 0 Å². The maximum atomic E-state index is 10.1. The first-order valence-electron chi connectivity index (χ1n) is 5.54. The maximum Gasteiger partial charge on any atom is 0.116 e. The van der Waals surface area contributed by atoms with Gasteiger partial charge < -0.3 is 5.11 Å². The molecular formula is C13H16N2OS. The molecule has 0 aliphatic carbocycles. The van der Waals surface area contributed by atoms with Crippen LogP contribution in [-0.2, 0) is 5.41 Å². The molecule has 0 radical (unpaired) electrons. The van der Waals surface area contributed by atoms with Gasteiger partial charge in [0.05, 0.1) is 11.1 Å². The minimum atomic E-state index is -0.621. The molecule has 0 saturated heterocycles. The second-order valence-electron chi connectivity index (χ2n) is 5.09. The minimum absolute atomic E-state index is 0.134. The van der Waals surface area contributed by atoms with Crippen molar-refractivity contribution < 1.29 is 5.11 Å². The molecule has 1 aromatic heterocycles. The lowest BCUT2D eigenvalue weighted by Crippen LogP contribution is -2.11. The fourth-order valence-corrected chi connectivity index (χ4v) is 2.14. The van der Waals surface area contributed by atoms with Crippen LogP contribution >= 0.6 is 11.5 Å². The first-order valence-corrected chi connectivity index (χ1v) is 6.31. The Morgan fingerprint density at radius 3 is 2.29 bits per heavy atom. The summed E-state index contributed by atoms with van der Waals surface area (Å²) in [5.41, 5.74) is 2.27. The van der Waals surface area contributed by atoms with Gasteiger partial charge in [0.1, 0.15) is 6.10 Å². The van der Waals surface area contributed by atoms with Crippen LogP contribution in [0.25, 0.3) is 0 Å². The Morgan fingerprint density at radius 2 is 1.82 bits per heavy atom. The Hall–Kier alpha value is -1.26. The Kier molecular flexibility index (Phi) is 3.26. The van der Waals surface area contributed by atoms with Crippen molar-refractivity contribution in [1.29, 1.82) is 0 Å². The summed E-state index contributed by atoms with van der Waals surface area (Å²) < 4.78 is 3.76. The molecule has 3 nitrogen and oxygen atoms in total. The van der Waals surface area contributed by atoms with Gasteiger partial charge in [-0.3, -0.25) is 0 Å². The molecular weight excluding hydrogens is 232 g/mol. The molecule has 1 heterocycles. The second-order valence-corrected chi connectivity index (χ2v) is 5.91. The highest BCUT2D eigenvalue weighted by Crippen LogP contribution is 2.27. The van der Waals surface area contributed by atoms with Gasteiger partial charge in [-0.25, -0.2) is 0 Å². The van der Waals surface area contributed by atoms with Crippen molar-refractivity contribution in [3.63, 3.8) is 0 Å². The summed E-state index contributed by atoms with van der Waals surface area (Å²) in [6, 6.07) is 8.05. The highest BCUT2D eigenvalue weighted by Gasteiger charge is 2.16. The van der Waals surface area contributed by atoms with Crippen molar-refractivity contribution in [2.24, 2.45) is 0 Å². The van der Waals surface area contributed by atoms with E-state index in [4.69, 9.17) is 0 Å². The molecule has 90 valence electrons. The summed E-state index contributed by atoms with van der Waals surface area (Å²) >= 11 is 1.22. The SMILES string of the molecule is CC(C)(C)c1ccc(C(O)c2cnns2)cc1. The first-order chi connectivity index (χ1) is 7.98. The molecule has 1 atom stereocenters.